The Morgan fingerprint density at radius 1 is 0.528 bits per heavy atom. The lowest BCUT2D eigenvalue weighted by molar-refractivity contribution is 0.916. The van der Waals surface area contributed by atoms with Crippen LogP contribution in [0.4, 0.5) is 17.1 Å². The standard InChI is InChI=1S/C52H41N/c1-35-49-34-51-48(52(35)47-25-11-9-17-42(47)30-41-16-8-10-24-46(41)49)29-28-37-26-27-40(33-50(37)51)39-19-13-23-45(32-39)53(43-20-6-3-7-21-43)44-22-12-18-38(31-44)36-14-4-2-5-15-36/h2-4,6-7,9-14,17-29,31-34H,5,8,15-16,30H2,1H3. The van der Waals surface area contributed by atoms with Gasteiger partial charge in [-0.05, 0) is 165 Å². The fourth-order valence-electron chi connectivity index (χ4n) is 8.97. The molecule has 53 heavy (non-hydrogen) atoms. The second kappa shape index (κ2) is 13.1. The third-order valence-corrected chi connectivity index (χ3v) is 11.6. The molecule has 0 unspecified atom stereocenters. The fraction of sp³-hybridized carbons (Fsp3) is 0.115. The summed E-state index contributed by atoms with van der Waals surface area (Å²) in [6.07, 6.45) is 16.9. The molecule has 1 nitrogen and oxygen atoms in total. The van der Waals surface area contributed by atoms with Crippen molar-refractivity contribution in [2.45, 2.75) is 39.0 Å². The highest BCUT2D eigenvalue weighted by Crippen LogP contribution is 2.46. The number of anilines is 3. The Bertz CT molecular complexity index is 2700. The van der Waals surface area contributed by atoms with Crippen LogP contribution in [0, 0.1) is 6.92 Å². The first-order chi connectivity index (χ1) is 26.2. The van der Waals surface area contributed by atoms with Crippen molar-refractivity contribution in [3.8, 4) is 22.3 Å². The smallest absolute Gasteiger partial charge is 0.0467 e. The third-order valence-electron chi connectivity index (χ3n) is 11.6. The van der Waals surface area contributed by atoms with Gasteiger partial charge in [-0.3, -0.25) is 0 Å². The van der Waals surface area contributed by atoms with Crippen LogP contribution in [0.3, 0.4) is 0 Å². The van der Waals surface area contributed by atoms with Crippen molar-refractivity contribution >= 4 is 49.8 Å². The Kier molecular flexibility index (Phi) is 7.80. The Hall–Kier alpha value is -6.18. The molecule has 3 aliphatic rings. The van der Waals surface area contributed by atoms with E-state index in [-0.39, 0.29) is 0 Å². The molecular weight excluding hydrogens is 639 g/mol. The highest BCUT2D eigenvalue weighted by atomic mass is 15.1. The predicted octanol–water partition coefficient (Wildman–Crippen LogP) is 14.5. The summed E-state index contributed by atoms with van der Waals surface area (Å²) in [5, 5.41) is 5.23. The summed E-state index contributed by atoms with van der Waals surface area (Å²) in [6.45, 7) is 2.34. The van der Waals surface area contributed by atoms with Gasteiger partial charge in [-0.1, -0.05) is 127 Å². The van der Waals surface area contributed by atoms with Gasteiger partial charge < -0.3 is 4.90 Å². The molecule has 0 saturated carbocycles. The lowest BCUT2D eigenvalue weighted by Gasteiger charge is -2.27. The molecule has 2 bridgehead atoms. The zero-order valence-corrected chi connectivity index (χ0v) is 30.1. The van der Waals surface area contributed by atoms with Gasteiger partial charge in [0.15, 0.2) is 0 Å². The van der Waals surface area contributed by atoms with E-state index in [9.17, 15) is 0 Å². The first-order valence-corrected chi connectivity index (χ1v) is 19.1. The number of allylic oxidation sites excluding steroid dienone is 8. The molecule has 7 aromatic rings. The maximum Gasteiger partial charge on any atom is 0.0467 e. The number of rotatable bonds is 5. The van der Waals surface area contributed by atoms with E-state index in [0.717, 1.165) is 49.2 Å². The van der Waals surface area contributed by atoms with E-state index >= 15 is 0 Å². The summed E-state index contributed by atoms with van der Waals surface area (Å²) < 4.78 is 0. The van der Waals surface area contributed by atoms with Gasteiger partial charge in [0, 0.05) is 17.1 Å². The summed E-state index contributed by atoms with van der Waals surface area (Å²) in [7, 11) is 0. The maximum atomic E-state index is 2.50. The largest absolute Gasteiger partial charge is 0.310 e. The van der Waals surface area contributed by atoms with E-state index in [0.29, 0.717) is 0 Å². The fourth-order valence-corrected chi connectivity index (χ4v) is 8.97. The Balaban J connectivity index is 1.14. The topological polar surface area (TPSA) is 3.24 Å². The summed E-state index contributed by atoms with van der Waals surface area (Å²) in [6, 6.07) is 52.1. The van der Waals surface area contributed by atoms with E-state index in [1.54, 1.807) is 5.57 Å². The second-order valence-corrected chi connectivity index (χ2v) is 14.7. The minimum Gasteiger partial charge on any atom is -0.310 e. The molecule has 0 fully saturated rings. The molecule has 0 radical (unpaired) electrons. The van der Waals surface area contributed by atoms with Crippen LogP contribution in [0.2, 0.25) is 0 Å². The number of hydrogen-bond acceptors (Lipinski definition) is 1. The van der Waals surface area contributed by atoms with Gasteiger partial charge in [0.1, 0.15) is 0 Å². The molecule has 0 amide bonds. The molecule has 0 N–H and O–H groups in total. The average molecular weight is 680 g/mol. The number of benzene rings is 7. The molecule has 1 heteroatoms. The number of nitrogens with zero attached hydrogens (tertiary/aromatic N) is 1. The molecular formula is C52H41N. The third kappa shape index (κ3) is 5.56. The lowest BCUT2D eigenvalue weighted by Crippen LogP contribution is -2.10. The zero-order valence-electron chi connectivity index (χ0n) is 30.1. The Morgan fingerprint density at radius 3 is 2.11 bits per heavy atom. The first kappa shape index (κ1) is 31.5. The van der Waals surface area contributed by atoms with Gasteiger partial charge in [0.2, 0.25) is 0 Å². The summed E-state index contributed by atoms with van der Waals surface area (Å²) >= 11 is 0. The van der Waals surface area contributed by atoms with Crippen LogP contribution in [-0.2, 0) is 6.42 Å². The average Bonchev–Trinajstić information content (AvgIpc) is 3.22. The molecule has 0 aromatic heterocycles. The van der Waals surface area contributed by atoms with Crippen molar-refractivity contribution in [1.82, 2.24) is 0 Å². The second-order valence-electron chi connectivity index (χ2n) is 14.7. The molecule has 3 aliphatic carbocycles. The minimum atomic E-state index is 1.02. The number of para-hydroxylation sites is 1. The van der Waals surface area contributed by atoms with Gasteiger partial charge in [-0.15, -0.1) is 0 Å². The van der Waals surface area contributed by atoms with Crippen LogP contribution in [-0.4, -0.2) is 0 Å². The molecule has 0 aliphatic heterocycles. The van der Waals surface area contributed by atoms with Gasteiger partial charge in [-0.25, -0.2) is 0 Å². The van der Waals surface area contributed by atoms with Crippen molar-refractivity contribution < 1.29 is 0 Å². The lowest BCUT2D eigenvalue weighted by atomic mass is 9.78. The maximum absolute atomic E-state index is 2.50. The summed E-state index contributed by atoms with van der Waals surface area (Å²) in [5.41, 5.74) is 18.5. The molecule has 0 heterocycles. The minimum absolute atomic E-state index is 1.02. The van der Waals surface area contributed by atoms with Gasteiger partial charge in [0.05, 0.1) is 0 Å². The van der Waals surface area contributed by atoms with Gasteiger partial charge >= 0.3 is 0 Å². The van der Waals surface area contributed by atoms with Gasteiger partial charge in [-0.2, -0.15) is 0 Å². The van der Waals surface area contributed by atoms with E-state index in [2.05, 4.69) is 182 Å². The highest BCUT2D eigenvalue weighted by Gasteiger charge is 2.24. The zero-order chi connectivity index (χ0) is 35.3. The van der Waals surface area contributed by atoms with Crippen LogP contribution < -0.4 is 4.90 Å². The van der Waals surface area contributed by atoms with Gasteiger partial charge in [0.25, 0.3) is 0 Å². The SMILES string of the molecule is Cc1c2cc3c(ccc4ccc(-c5cccc(N(c6ccccc6)c6cccc(C7=CC=CCC7)c6)c5)cc43)c1-c1ccccc1CC1=C2C=CCC1. The van der Waals surface area contributed by atoms with Crippen LogP contribution >= 0.6 is 0 Å². The normalized spacial score (nSPS) is 14.8. The summed E-state index contributed by atoms with van der Waals surface area (Å²) in [4.78, 5) is 2.39. The molecule has 0 saturated heterocycles. The van der Waals surface area contributed by atoms with Crippen LogP contribution in [0.5, 0.6) is 0 Å². The highest BCUT2D eigenvalue weighted by molar-refractivity contribution is 6.15. The van der Waals surface area contributed by atoms with Crippen molar-refractivity contribution in [2.24, 2.45) is 0 Å². The van der Waals surface area contributed by atoms with E-state index in [1.807, 2.05) is 0 Å². The van der Waals surface area contributed by atoms with Crippen LogP contribution in [0.25, 0.3) is 54.9 Å². The predicted molar refractivity (Wildman–Crippen MR) is 227 cm³/mol. The molecule has 0 atom stereocenters. The van der Waals surface area contributed by atoms with E-state index in [4.69, 9.17) is 0 Å². The van der Waals surface area contributed by atoms with E-state index < -0.39 is 0 Å². The Labute approximate surface area is 312 Å². The molecule has 7 aromatic carbocycles. The van der Waals surface area contributed by atoms with E-state index in [1.165, 1.54) is 77.2 Å². The van der Waals surface area contributed by atoms with Crippen LogP contribution in [0.1, 0.15) is 47.9 Å². The first-order valence-electron chi connectivity index (χ1n) is 19.1. The van der Waals surface area contributed by atoms with Crippen molar-refractivity contribution in [3.05, 3.63) is 198 Å². The van der Waals surface area contributed by atoms with Crippen molar-refractivity contribution in [1.29, 1.82) is 0 Å². The Morgan fingerprint density at radius 2 is 1.26 bits per heavy atom. The van der Waals surface area contributed by atoms with Crippen molar-refractivity contribution in [2.75, 3.05) is 4.90 Å². The molecule has 10 rings (SSSR count). The number of hydrogen-bond donors (Lipinski definition) is 0. The molecule has 254 valence electrons. The quantitative estimate of drug-likeness (QED) is 0.164. The summed E-state index contributed by atoms with van der Waals surface area (Å²) in [5.74, 6) is 0. The number of fused-ring (bicyclic) bond motifs is 9. The van der Waals surface area contributed by atoms with Crippen molar-refractivity contribution in [3.63, 3.8) is 0 Å². The monoisotopic (exact) mass is 679 g/mol. The van der Waals surface area contributed by atoms with Crippen LogP contribution in [0.15, 0.2) is 175 Å². The molecule has 0 spiro atoms.